The van der Waals surface area contributed by atoms with E-state index >= 15 is 0 Å². The topological polar surface area (TPSA) is 9.23 Å². The van der Waals surface area contributed by atoms with Crippen LogP contribution in [-0.2, 0) is 4.74 Å². The van der Waals surface area contributed by atoms with Gasteiger partial charge < -0.3 is 4.74 Å². The third-order valence-corrected chi connectivity index (χ3v) is 3.28. The van der Waals surface area contributed by atoms with Gasteiger partial charge >= 0.3 is 6.36 Å². The van der Waals surface area contributed by atoms with E-state index in [2.05, 4.69) is 20.7 Å². The summed E-state index contributed by atoms with van der Waals surface area (Å²) in [6, 6.07) is 3.87. The largest absolute Gasteiger partial charge is 0.573 e. The third kappa shape index (κ3) is 3.81. The van der Waals surface area contributed by atoms with Crippen molar-refractivity contribution < 1.29 is 31.1 Å². The Kier molecular flexibility index (Phi) is 4.36. The van der Waals surface area contributed by atoms with Crippen LogP contribution < -0.4 is 0 Å². The minimum absolute atomic E-state index is 0.0189. The zero-order valence-electron chi connectivity index (χ0n) is 10.1. The van der Waals surface area contributed by atoms with Crippen molar-refractivity contribution in [3.63, 3.8) is 0 Å². The first-order valence-corrected chi connectivity index (χ1v) is 6.43. The standard InChI is InChI=1S/C13H7BrF6O/c14-7-1-2-8(9(15)5-7)6-3-10(16)12(11(17)4-6)21-13(18,19)20/h1-3,5-6H,4H2. The van der Waals surface area contributed by atoms with Gasteiger partial charge in [0, 0.05) is 16.8 Å². The van der Waals surface area contributed by atoms with E-state index in [1.807, 2.05) is 0 Å². The molecule has 1 aliphatic carbocycles. The van der Waals surface area contributed by atoms with Crippen LogP contribution >= 0.6 is 15.9 Å². The summed E-state index contributed by atoms with van der Waals surface area (Å²) in [7, 11) is 0. The van der Waals surface area contributed by atoms with Crippen molar-refractivity contribution in [3.8, 4) is 0 Å². The first kappa shape index (κ1) is 15.9. The number of alkyl halides is 3. The predicted octanol–water partition coefficient (Wildman–Crippen LogP) is 5.65. The van der Waals surface area contributed by atoms with Crippen molar-refractivity contribution >= 4 is 15.9 Å². The first-order chi connectivity index (χ1) is 9.67. The van der Waals surface area contributed by atoms with Crippen LogP contribution in [0.25, 0.3) is 0 Å². The lowest BCUT2D eigenvalue weighted by Gasteiger charge is -2.21. The van der Waals surface area contributed by atoms with E-state index in [0.29, 0.717) is 10.5 Å². The molecular formula is C13H7BrF6O. The zero-order valence-corrected chi connectivity index (χ0v) is 11.7. The Morgan fingerprint density at radius 2 is 1.81 bits per heavy atom. The van der Waals surface area contributed by atoms with Gasteiger partial charge in [-0.1, -0.05) is 22.0 Å². The normalized spacial score (nSPS) is 19.6. The summed E-state index contributed by atoms with van der Waals surface area (Å²) in [6.45, 7) is 0. The number of allylic oxidation sites excluding steroid dienone is 3. The molecule has 0 radical (unpaired) electrons. The van der Waals surface area contributed by atoms with E-state index in [-0.39, 0.29) is 5.56 Å². The van der Waals surface area contributed by atoms with Crippen LogP contribution in [-0.4, -0.2) is 6.36 Å². The van der Waals surface area contributed by atoms with Gasteiger partial charge in [0.1, 0.15) is 11.6 Å². The summed E-state index contributed by atoms with van der Waals surface area (Å²) >= 11 is 3.03. The minimum atomic E-state index is -5.20. The molecule has 1 aromatic carbocycles. The molecule has 1 nitrogen and oxygen atoms in total. The average molecular weight is 373 g/mol. The summed E-state index contributed by atoms with van der Waals surface area (Å²) < 4.78 is 80.8. The fourth-order valence-corrected chi connectivity index (χ4v) is 2.28. The fraction of sp³-hybridized carbons (Fsp3) is 0.231. The van der Waals surface area contributed by atoms with Crippen molar-refractivity contribution in [1.29, 1.82) is 0 Å². The molecule has 0 amide bonds. The van der Waals surface area contributed by atoms with E-state index in [0.717, 1.165) is 6.07 Å². The summed E-state index contributed by atoms with van der Waals surface area (Å²) in [5.41, 5.74) is -0.0189. The Balaban J connectivity index is 2.30. The quantitative estimate of drug-likeness (QED) is 0.609. The van der Waals surface area contributed by atoms with Crippen LogP contribution in [0.15, 0.2) is 46.2 Å². The van der Waals surface area contributed by atoms with Crippen molar-refractivity contribution in [3.05, 3.63) is 57.5 Å². The monoisotopic (exact) mass is 372 g/mol. The van der Waals surface area contributed by atoms with Crippen LogP contribution in [0.1, 0.15) is 17.9 Å². The lowest BCUT2D eigenvalue weighted by molar-refractivity contribution is -0.305. The molecule has 1 aromatic rings. The average Bonchev–Trinajstić information content (AvgIpc) is 2.32. The number of hydrogen-bond donors (Lipinski definition) is 0. The van der Waals surface area contributed by atoms with Gasteiger partial charge in [-0.25, -0.2) is 13.2 Å². The van der Waals surface area contributed by atoms with Gasteiger partial charge in [-0.05, 0) is 23.8 Å². The molecule has 0 spiro atoms. The van der Waals surface area contributed by atoms with Crippen LogP contribution in [0.3, 0.4) is 0 Å². The molecular weight excluding hydrogens is 366 g/mol. The summed E-state index contributed by atoms with van der Waals surface area (Å²) in [6.07, 6.45) is -5.11. The molecule has 0 fully saturated rings. The molecule has 2 rings (SSSR count). The second-order valence-electron chi connectivity index (χ2n) is 4.27. The highest BCUT2D eigenvalue weighted by molar-refractivity contribution is 9.10. The minimum Gasteiger partial charge on any atom is -0.400 e. The van der Waals surface area contributed by atoms with Gasteiger partial charge in [0.15, 0.2) is 11.6 Å². The molecule has 0 saturated heterocycles. The molecule has 114 valence electrons. The number of rotatable bonds is 2. The van der Waals surface area contributed by atoms with Gasteiger partial charge in [-0.2, -0.15) is 0 Å². The third-order valence-electron chi connectivity index (χ3n) is 2.79. The summed E-state index contributed by atoms with van der Waals surface area (Å²) in [5.74, 6) is -6.19. The van der Waals surface area contributed by atoms with Gasteiger partial charge in [-0.15, -0.1) is 13.2 Å². The molecule has 0 N–H and O–H groups in total. The number of ether oxygens (including phenoxy) is 1. The van der Waals surface area contributed by atoms with Gasteiger partial charge in [0.2, 0.25) is 0 Å². The highest BCUT2D eigenvalue weighted by Gasteiger charge is 2.37. The molecule has 0 aromatic heterocycles. The Hall–Kier alpha value is -1.44. The molecule has 0 bridgehead atoms. The zero-order chi connectivity index (χ0) is 15.8. The van der Waals surface area contributed by atoms with Crippen molar-refractivity contribution in [2.45, 2.75) is 18.7 Å². The number of benzene rings is 1. The fourth-order valence-electron chi connectivity index (χ4n) is 1.95. The van der Waals surface area contributed by atoms with Crippen molar-refractivity contribution in [1.82, 2.24) is 0 Å². The van der Waals surface area contributed by atoms with E-state index in [1.54, 1.807) is 0 Å². The van der Waals surface area contributed by atoms with Crippen LogP contribution in [0.4, 0.5) is 26.3 Å². The maximum atomic E-state index is 13.7. The van der Waals surface area contributed by atoms with Crippen LogP contribution in [0, 0.1) is 5.82 Å². The Morgan fingerprint density at radius 1 is 1.14 bits per heavy atom. The van der Waals surface area contributed by atoms with Gasteiger partial charge in [-0.3, -0.25) is 0 Å². The Morgan fingerprint density at radius 3 is 2.33 bits per heavy atom. The first-order valence-electron chi connectivity index (χ1n) is 5.64. The van der Waals surface area contributed by atoms with Crippen molar-refractivity contribution in [2.75, 3.05) is 0 Å². The second kappa shape index (κ2) is 5.75. The lowest BCUT2D eigenvalue weighted by Crippen LogP contribution is -2.17. The number of halogens is 7. The molecule has 0 heterocycles. The highest BCUT2D eigenvalue weighted by atomic mass is 79.9. The lowest BCUT2D eigenvalue weighted by atomic mass is 9.90. The van der Waals surface area contributed by atoms with Gasteiger partial charge in [0.05, 0.1) is 0 Å². The molecule has 21 heavy (non-hydrogen) atoms. The Bertz CT molecular complexity index is 620. The predicted molar refractivity (Wildman–Crippen MR) is 65.9 cm³/mol. The van der Waals surface area contributed by atoms with Crippen LogP contribution in [0.2, 0.25) is 0 Å². The Labute approximate surface area is 124 Å². The van der Waals surface area contributed by atoms with Gasteiger partial charge in [0.25, 0.3) is 0 Å². The van der Waals surface area contributed by atoms with E-state index in [9.17, 15) is 26.3 Å². The van der Waals surface area contributed by atoms with E-state index < -0.39 is 41.9 Å². The summed E-state index contributed by atoms with van der Waals surface area (Å²) in [4.78, 5) is 0. The molecule has 1 unspecified atom stereocenters. The SMILES string of the molecule is FC1=CC(c2ccc(Br)cc2F)CC(F)=C1OC(F)(F)F. The van der Waals surface area contributed by atoms with Crippen molar-refractivity contribution in [2.24, 2.45) is 0 Å². The maximum Gasteiger partial charge on any atom is 0.573 e. The smallest absolute Gasteiger partial charge is 0.400 e. The van der Waals surface area contributed by atoms with E-state index in [1.165, 1.54) is 12.1 Å². The summed E-state index contributed by atoms with van der Waals surface area (Å²) in [5, 5.41) is 0. The molecule has 0 saturated carbocycles. The highest BCUT2D eigenvalue weighted by Crippen LogP contribution is 2.40. The van der Waals surface area contributed by atoms with E-state index in [4.69, 9.17) is 0 Å². The van der Waals surface area contributed by atoms with Crippen LogP contribution in [0.5, 0.6) is 0 Å². The molecule has 8 heteroatoms. The molecule has 1 atom stereocenters. The maximum absolute atomic E-state index is 13.7. The molecule has 1 aliphatic rings. The second-order valence-corrected chi connectivity index (χ2v) is 5.19. The number of hydrogen-bond acceptors (Lipinski definition) is 1. The molecule has 0 aliphatic heterocycles.